The number of carbonyl (C=O) groups is 1. The monoisotopic (exact) mass is 277 g/mol. The zero-order valence-corrected chi connectivity index (χ0v) is 10.4. The highest BCUT2D eigenvalue weighted by Crippen LogP contribution is 2.22. The Labute approximate surface area is 107 Å². The van der Waals surface area contributed by atoms with Crippen molar-refractivity contribution in [1.82, 2.24) is 4.98 Å². The fourth-order valence-electron chi connectivity index (χ4n) is 1.28. The molecule has 1 aromatic rings. The smallest absolute Gasteiger partial charge is 0.188 e. The fraction of sp³-hybridized carbons (Fsp3) is 0.600. The van der Waals surface area contributed by atoms with Crippen molar-refractivity contribution in [3.8, 4) is 0 Å². The molecule has 1 heterocycles. The average molecular weight is 277 g/mol. The third kappa shape index (κ3) is 3.31. The molecule has 8 heteroatoms. The van der Waals surface area contributed by atoms with E-state index in [2.05, 4.69) is 4.98 Å². The molecule has 0 spiro atoms. The molecule has 0 fully saturated rings. The number of aliphatic hydroxyl groups excluding tert-OH is 5. The Morgan fingerprint density at radius 1 is 1.33 bits per heavy atom. The van der Waals surface area contributed by atoms with E-state index in [0.29, 0.717) is 0 Å². The molecule has 0 bridgehead atoms. The summed E-state index contributed by atoms with van der Waals surface area (Å²) in [5.41, 5.74) is 0.0295. The Bertz CT molecular complexity index is 409. The SMILES string of the molecule is CC(=O)c1nc([C@@H](O)[C@@H](O)[C@H](O)[C@H](O)CO)cs1. The van der Waals surface area contributed by atoms with Gasteiger partial charge < -0.3 is 25.5 Å². The van der Waals surface area contributed by atoms with Gasteiger partial charge in [0.25, 0.3) is 0 Å². The fourth-order valence-corrected chi connectivity index (χ4v) is 2.03. The van der Waals surface area contributed by atoms with Crippen molar-refractivity contribution in [3.63, 3.8) is 0 Å². The first kappa shape index (κ1) is 15.2. The summed E-state index contributed by atoms with van der Waals surface area (Å²) < 4.78 is 0. The number of ketones is 1. The molecule has 1 aromatic heterocycles. The van der Waals surface area contributed by atoms with Crippen LogP contribution in [0.5, 0.6) is 0 Å². The van der Waals surface area contributed by atoms with Crippen molar-refractivity contribution >= 4 is 17.1 Å². The third-order valence-corrected chi connectivity index (χ3v) is 3.34. The van der Waals surface area contributed by atoms with E-state index in [4.69, 9.17) is 10.2 Å². The molecule has 1 rings (SSSR count). The molecule has 7 nitrogen and oxygen atoms in total. The number of aromatic nitrogens is 1. The van der Waals surface area contributed by atoms with Gasteiger partial charge in [0.2, 0.25) is 0 Å². The minimum Gasteiger partial charge on any atom is -0.394 e. The summed E-state index contributed by atoms with van der Waals surface area (Å²) >= 11 is 1.00. The van der Waals surface area contributed by atoms with Gasteiger partial charge in [0.15, 0.2) is 10.8 Å². The highest BCUT2D eigenvalue weighted by Gasteiger charge is 2.32. The van der Waals surface area contributed by atoms with Gasteiger partial charge in [-0.05, 0) is 0 Å². The van der Waals surface area contributed by atoms with Crippen LogP contribution in [0, 0.1) is 0 Å². The van der Waals surface area contributed by atoms with E-state index < -0.39 is 31.0 Å². The summed E-state index contributed by atoms with van der Waals surface area (Å²) in [5.74, 6) is -0.274. The van der Waals surface area contributed by atoms with Gasteiger partial charge in [-0.15, -0.1) is 11.3 Å². The zero-order chi connectivity index (χ0) is 13.9. The number of Topliss-reactive ketones (excluding diaryl/α,β-unsaturated/α-hetero) is 1. The second-order valence-electron chi connectivity index (χ2n) is 3.81. The topological polar surface area (TPSA) is 131 Å². The predicted molar refractivity (Wildman–Crippen MR) is 62.2 cm³/mol. The number of hydrogen-bond acceptors (Lipinski definition) is 8. The van der Waals surface area contributed by atoms with Crippen molar-refractivity contribution in [2.24, 2.45) is 0 Å². The second kappa shape index (κ2) is 6.32. The van der Waals surface area contributed by atoms with Gasteiger partial charge in [0.1, 0.15) is 24.4 Å². The molecule has 0 aliphatic carbocycles. The Kier molecular flexibility index (Phi) is 5.32. The van der Waals surface area contributed by atoms with Gasteiger partial charge >= 0.3 is 0 Å². The van der Waals surface area contributed by atoms with Crippen molar-refractivity contribution in [1.29, 1.82) is 0 Å². The summed E-state index contributed by atoms with van der Waals surface area (Å²) in [7, 11) is 0. The van der Waals surface area contributed by atoms with E-state index in [1.807, 2.05) is 0 Å². The van der Waals surface area contributed by atoms with Crippen LogP contribution in [0.3, 0.4) is 0 Å². The van der Waals surface area contributed by atoms with Crippen LogP contribution in [0.15, 0.2) is 5.38 Å². The van der Waals surface area contributed by atoms with Crippen molar-refractivity contribution in [3.05, 3.63) is 16.1 Å². The standard InChI is InChI=1S/C10H15NO6S/c1-4(13)10-11-5(3-18-10)7(15)9(17)8(16)6(14)2-12/h3,6-9,12,14-17H,2H2,1H3/t6-,7-,8-,9-/m1/s1. The van der Waals surface area contributed by atoms with E-state index in [1.54, 1.807) is 0 Å². The van der Waals surface area contributed by atoms with E-state index in [-0.39, 0.29) is 16.5 Å². The minimum atomic E-state index is -1.72. The van der Waals surface area contributed by atoms with Crippen LogP contribution in [-0.2, 0) is 0 Å². The van der Waals surface area contributed by atoms with E-state index in [9.17, 15) is 20.1 Å². The number of nitrogens with zero attached hydrogens (tertiary/aromatic N) is 1. The maximum atomic E-state index is 11.0. The minimum absolute atomic E-state index is 0.0295. The molecule has 0 amide bonds. The van der Waals surface area contributed by atoms with Crippen LogP contribution in [-0.4, -0.2) is 61.2 Å². The molecule has 0 aliphatic heterocycles. The third-order valence-electron chi connectivity index (χ3n) is 2.38. The van der Waals surface area contributed by atoms with Crippen LogP contribution < -0.4 is 0 Å². The maximum absolute atomic E-state index is 11.0. The highest BCUT2D eigenvalue weighted by molar-refractivity contribution is 7.11. The Morgan fingerprint density at radius 3 is 2.39 bits per heavy atom. The summed E-state index contributed by atoms with van der Waals surface area (Å²) in [6, 6.07) is 0. The molecule has 5 N–H and O–H groups in total. The predicted octanol–water partition coefficient (Wildman–Crippen LogP) is -1.55. The molecule has 0 radical (unpaired) electrons. The van der Waals surface area contributed by atoms with Crippen LogP contribution in [0.1, 0.15) is 28.5 Å². The molecule has 0 saturated heterocycles. The van der Waals surface area contributed by atoms with E-state index >= 15 is 0 Å². The quantitative estimate of drug-likeness (QED) is 0.398. The lowest BCUT2D eigenvalue weighted by atomic mass is 10.0. The molecular formula is C10H15NO6S. The lowest BCUT2D eigenvalue weighted by molar-refractivity contribution is -0.117. The zero-order valence-electron chi connectivity index (χ0n) is 9.59. The van der Waals surface area contributed by atoms with Gasteiger partial charge in [-0.2, -0.15) is 0 Å². The molecule has 102 valence electrons. The molecule has 0 aromatic carbocycles. The van der Waals surface area contributed by atoms with Gasteiger partial charge in [0.05, 0.1) is 12.3 Å². The van der Waals surface area contributed by atoms with Crippen LogP contribution >= 0.6 is 11.3 Å². The first-order valence-electron chi connectivity index (χ1n) is 5.18. The highest BCUT2D eigenvalue weighted by atomic mass is 32.1. The Morgan fingerprint density at radius 2 is 1.94 bits per heavy atom. The maximum Gasteiger partial charge on any atom is 0.188 e. The van der Waals surface area contributed by atoms with Gasteiger partial charge in [-0.3, -0.25) is 4.79 Å². The van der Waals surface area contributed by atoms with E-state index in [0.717, 1.165) is 11.3 Å². The normalized spacial score (nSPS) is 18.1. The summed E-state index contributed by atoms with van der Waals surface area (Å²) in [4.78, 5) is 14.8. The van der Waals surface area contributed by atoms with Crippen LogP contribution in [0.4, 0.5) is 0 Å². The van der Waals surface area contributed by atoms with E-state index in [1.165, 1.54) is 12.3 Å². The molecule has 0 unspecified atom stereocenters. The second-order valence-corrected chi connectivity index (χ2v) is 4.67. The molecule has 0 aliphatic rings. The summed E-state index contributed by atoms with van der Waals surface area (Å²) in [6.45, 7) is 0.566. The largest absolute Gasteiger partial charge is 0.394 e. The number of carbonyl (C=O) groups excluding carboxylic acids is 1. The molecule has 0 saturated carbocycles. The Hall–Kier alpha value is -0.900. The molecule has 18 heavy (non-hydrogen) atoms. The number of rotatable bonds is 6. The van der Waals surface area contributed by atoms with Crippen molar-refractivity contribution < 1.29 is 30.3 Å². The lowest BCUT2D eigenvalue weighted by Gasteiger charge is -2.24. The van der Waals surface area contributed by atoms with Gasteiger partial charge in [-0.25, -0.2) is 4.98 Å². The molecule has 4 atom stereocenters. The summed E-state index contributed by atoms with van der Waals surface area (Å²) in [6.07, 6.45) is -6.55. The van der Waals surface area contributed by atoms with Crippen LogP contribution in [0.25, 0.3) is 0 Å². The van der Waals surface area contributed by atoms with Gasteiger partial charge in [0, 0.05) is 12.3 Å². The molecular weight excluding hydrogens is 262 g/mol. The lowest BCUT2D eigenvalue weighted by Crippen LogP contribution is -2.42. The van der Waals surface area contributed by atoms with Crippen molar-refractivity contribution in [2.45, 2.75) is 31.3 Å². The Balaban J connectivity index is 2.79. The first-order valence-corrected chi connectivity index (χ1v) is 6.06. The number of aliphatic hydroxyl groups is 5. The van der Waals surface area contributed by atoms with Crippen LogP contribution in [0.2, 0.25) is 0 Å². The summed E-state index contributed by atoms with van der Waals surface area (Å²) in [5, 5.41) is 48.1. The number of thiazole rings is 1. The average Bonchev–Trinajstić information content (AvgIpc) is 2.84. The van der Waals surface area contributed by atoms with Crippen molar-refractivity contribution in [2.75, 3.05) is 6.61 Å². The number of hydrogen-bond donors (Lipinski definition) is 5. The van der Waals surface area contributed by atoms with Gasteiger partial charge in [-0.1, -0.05) is 0 Å². The first-order chi connectivity index (χ1) is 8.38.